The number of halogens is 2. The van der Waals surface area contributed by atoms with E-state index in [1.807, 2.05) is 0 Å². The Balaban J connectivity index is 2.37. The van der Waals surface area contributed by atoms with Gasteiger partial charge in [-0.15, -0.1) is 0 Å². The number of benzene rings is 2. The molecule has 0 heterocycles. The van der Waals surface area contributed by atoms with Crippen molar-refractivity contribution in [1.82, 2.24) is 0 Å². The molecule has 0 aliphatic carbocycles. The van der Waals surface area contributed by atoms with Gasteiger partial charge in [-0.05, 0) is 47.9 Å². The predicted molar refractivity (Wildman–Crippen MR) is 78.6 cm³/mol. The second-order valence-electron chi connectivity index (χ2n) is 4.43. The van der Waals surface area contributed by atoms with Crippen LogP contribution in [0.2, 0.25) is 10.0 Å². The van der Waals surface area contributed by atoms with Crippen LogP contribution in [0.1, 0.15) is 17.0 Å². The van der Waals surface area contributed by atoms with E-state index >= 15 is 0 Å². The van der Waals surface area contributed by atoms with E-state index in [1.54, 1.807) is 30.3 Å². The van der Waals surface area contributed by atoms with Gasteiger partial charge in [0.15, 0.2) is 0 Å². The fourth-order valence-corrected chi connectivity index (χ4v) is 2.46. The number of carboxylic acid groups (broad SMARTS) is 1. The van der Waals surface area contributed by atoms with Crippen molar-refractivity contribution < 1.29 is 15.0 Å². The summed E-state index contributed by atoms with van der Waals surface area (Å²) in [4.78, 5) is 11.5. The number of aromatic hydroxyl groups is 1. The standard InChI is InChI=1S/C15H12Cl2O3/c16-10-4-5-14(17)12(8-10)13(15(19)20)7-9-2-1-3-11(18)6-9/h1-6,8,13,18H,7H2,(H,19,20). The quantitative estimate of drug-likeness (QED) is 0.893. The number of hydrogen-bond acceptors (Lipinski definition) is 2. The second kappa shape index (κ2) is 6.16. The summed E-state index contributed by atoms with van der Waals surface area (Å²) in [5.41, 5.74) is 1.18. The molecule has 2 rings (SSSR count). The lowest BCUT2D eigenvalue weighted by Crippen LogP contribution is -2.15. The molecule has 0 saturated carbocycles. The second-order valence-corrected chi connectivity index (χ2v) is 5.27. The summed E-state index contributed by atoms with van der Waals surface area (Å²) in [7, 11) is 0. The van der Waals surface area contributed by atoms with Gasteiger partial charge in [0.1, 0.15) is 5.75 Å². The van der Waals surface area contributed by atoms with Crippen molar-refractivity contribution in [3.63, 3.8) is 0 Å². The molecule has 2 aromatic rings. The first kappa shape index (κ1) is 14.7. The Kier molecular flexibility index (Phi) is 4.53. The summed E-state index contributed by atoms with van der Waals surface area (Å²) in [5.74, 6) is -1.70. The maximum atomic E-state index is 11.5. The molecule has 0 bridgehead atoms. The highest BCUT2D eigenvalue weighted by molar-refractivity contribution is 6.33. The Labute approximate surface area is 126 Å². The van der Waals surface area contributed by atoms with E-state index in [0.717, 1.165) is 0 Å². The first-order valence-electron chi connectivity index (χ1n) is 5.93. The molecule has 0 radical (unpaired) electrons. The maximum Gasteiger partial charge on any atom is 0.311 e. The molecular formula is C15H12Cl2O3. The van der Waals surface area contributed by atoms with Crippen LogP contribution in [0, 0.1) is 0 Å². The van der Waals surface area contributed by atoms with Crippen LogP contribution in [-0.2, 0) is 11.2 Å². The van der Waals surface area contributed by atoms with Gasteiger partial charge >= 0.3 is 5.97 Å². The van der Waals surface area contributed by atoms with E-state index in [2.05, 4.69) is 0 Å². The van der Waals surface area contributed by atoms with Gasteiger partial charge in [-0.1, -0.05) is 35.3 Å². The molecule has 104 valence electrons. The molecule has 0 aromatic heterocycles. The number of carboxylic acids is 1. The molecule has 20 heavy (non-hydrogen) atoms. The highest BCUT2D eigenvalue weighted by Gasteiger charge is 2.23. The smallest absolute Gasteiger partial charge is 0.311 e. The third-order valence-corrected chi connectivity index (χ3v) is 3.56. The minimum Gasteiger partial charge on any atom is -0.508 e. The van der Waals surface area contributed by atoms with E-state index in [4.69, 9.17) is 23.2 Å². The minimum absolute atomic E-state index is 0.101. The molecule has 5 heteroatoms. The molecule has 0 saturated heterocycles. The van der Waals surface area contributed by atoms with Crippen LogP contribution in [0.25, 0.3) is 0 Å². The van der Waals surface area contributed by atoms with E-state index in [-0.39, 0.29) is 12.2 Å². The summed E-state index contributed by atoms with van der Waals surface area (Å²) in [6.45, 7) is 0. The Hall–Kier alpha value is -1.71. The van der Waals surface area contributed by atoms with Gasteiger partial charge in [0, 0.05) is 10.0 Å². The van der Waals surface area contributed by atoms with Gasteiger partial charge in [-0.25, -0.2) is 0 Å². The normalized spacial score (nSPS) is 12.1. The Bertz CT molecular complexity index is 641. The number of phenolic OH excluding ortho intramolecular Hbond substituents is 1. The summed E-state index contributed by atoms with van der Waals surface area (Å²) in [6.07, 6.45) is 0.226. The SMILES string of the molecule is O=C(O)C(Cc1cccc(O)c1)c1cc(Cl)ccc1Cl. The molecule has 0 amide bonds. The highest BCUT2D eigenvalue weighted by atomic mass is 35.5. The summed E-state index contributed by atoms with van der Waals surface area (Å²) < 4.78 is 0. The number of rotatable bonds is 4. The highest BCUT2D eigenvalue weighted by Crippen LogP contribution is 2.31. The molecule has 0 fully saturated rings. The fourth-order valence-electron chi connectivity index (χ4n) is 2.03. The molecule has 1 atom stereocenters. The lowest BCUT2D eigenvalue weighted by molar-refractivity contribution is -0.138. The largest absolute Gasteiger partial charge is 0.508 e. The van der Waals surface area contributed by atoms with Crippen LogP contribution in [-0.4, -0.2) is 16.2 Å². The predicted octanol–water partition coefficient (Wildman–Crippen LogP) is 4.11. The Morgan fingerprint density at radius 2 is 1.90 bits per heavy atom. The van der Waals surface area contributed by atoms with E-state index in [9.17, 15) is 15.0 Å². The van der Waals surface area contributed by atoms with Crippen LogP contribution >= 0.6 is 23.2 Å². The van der Waals surface area contributed by atoms with Crippen LogP contribution < -0.4 is 0 Å². The van der Waals surface area contributed by atoms with Crippen LogP contribution in [0.5, 0.6) is 5.75 Å². The van der Waals surface area contributed by atoms with Crippen LogP contribution in [0.15, 0.2) is 42.5 Å². The van der Waals surface area contributed by atoms with Crippen molar-refractivity contribution in [2.75, 3.05) is 0 Å². The Morgan fingerprint density at radius 1 is 1.15 bits per heavy atom. The molecule has 1 unspecified atom stereocenters. The first-order chi connectivity index (χ1) is 9.47. The first-order valence-corrected chi connectivity index (χ1v) is 6.68. The average molecular weight is 311 g/mol. The molecule has 2 aromatic carbocycles. The van der Waals surface area contributed by atoms with Crippen LogP contribution in [0.3, 0.4) is 0 Å². The van der Waals surface area contributed by atoms with Crippen molar-refractivity contribution in [3.05, 3.63) is 63.6 Å². The number of aliphatic carboxylic acids is 1. The zero-order valence-electron chi connectivity index (χ0n) is 10.4. The molecule has 0 aliphatic rings. The van der Waals surface area contributed by atoms with E-state index in [1.165, 1.54) is 12.1 Å². The fraction of sp³-hybridized carbons (Fsp3) is 0.133. The van der Waals surface area contributed by atoms with Gasteiger partial charge in [0.05, 0.1) is 5.92 Å². The lowest BCUT2D eigenvalue weighted by atomic mass is 9.92. The zero-order valence-corrected chi connectivity index (χ0v) is 11.9. The molecule has 0 spiro atoms. The van der Waals surface area contributed by atoms with Crippen molar-refractivity contribution in [3.8, 4) is 5.75 Å². The van der Waals surface area contributed by atoms with Gasteiger partial charge in [-0.3, -0.25) is 4.79 Å². The monoisotopic (exact) mass is 310 g/mol. The summed E-state index contributed by atoms with van der Waals surface area (Å²) in [5, 5.41) is 19.6. The topological polar surface area (TPSA) is 57.5 Å². The number of carbonyl (C=O) groups is 1. The van der Waals surface area contributed by atoms with Gasteiger partial charge in [-0.2, -0.15) is 0 Å². The van der Waals surface area contributed by atoms with Crippen molar-refractivity contribution >= 4 is 29.2 Å². The molecular weight excluding hydrogens is 299 g/mol. The number of phenols is 1. The third-order valence-electron chi connectivity index (χ3n) is 2.98. The zero-order chi connectivity index (χ0) is 14.7. The lowest BCUT2D eigenvalue weighted by Gasteiger charge is -2.15. The third kappa shape index (κ3) is 3.44. The van der Waals surface area contributed by atoms with Crippen molar-refractivity contribution in [1.29, 1.82) is 0 Å². The van der Waals surface area contributed by atoms with Gasteiger partial charge in [0.2, 0.25) is 0 Å². The average Bonchev–Trinajstić information content (AvgIpc) is 2.39. The minimum atomic E-state index is -0.988. The summed E-state index contributed by atoms with van der Waals surface area (Å²) >= 11 is 12.0. The van der Waals surface area contributed by atoms with Crippen molar-refractivity contribution in [2.24, 2.45) is 0 Å². The van der Waals surface area contributed by atoms with E-state index < -0.39 is 11.9 Å². The molecule has 3 nitrogen and oxygen atoms in total. The number of hydrogen-bond donors (Lipinski definition) is 2. The molecule has 2 N–H and O–H groups in total. The van der Waals surface area contributed by atoms with Gasteiger partial charge < -0.3 is 10.2 Å². The van der Waals surface area contributed by atoms with Crippen LogP contribution in [0.4, 0.5) is 0 Å². The maximum absolute atomic E-state index is 11.5. The van der Waals surface area contributed by atoms with E-state index in [0.29, 0.717) is 21.2 Å². The summed E-state index contributed by atoms with van der Waals surface area (Å²) in [6, 6.07) is 11.3. The van der Waals surface area contributed by atoms with Gasteiger partial charge in [0.25, 0.3) is 0 Å². The Morgan fingerprint density at radius 3 is 2.55 bits per heavy atom. The molecule has 0 aliphatic heterocycles. The van der Waals surface area contributed by atoms with Crippen molar-refractivity contribution in [2.45, 2.75) is 12.3 Å².